The van der Waals surface area contributed by atoms with Crippen molar-refractivity contribution in [2.24, 2.45) is 0 Å². The Kier molecular flexibility index (Phi) is 6.15. The van der Waals surface area contributed by atoms with Crippen molar-refractivity contribution in [1.29, 1.82) is 0 Å². The van der Waals surface area contributed by atoms with Gasteiger partial charge in [0.15, 0.2) is 15.5 Å². The molecule has 0 saturated carbocycles. The highest BCUT2D eigenvalue weighted by Crippen LogP contribution is 2.32. The second kappa shape index (κ2) is 8.86. The lowest BCUT2D eigenvalue weighted by atomic mass is 9.98. The Morgan fingerprint density at radius 2 is 1.91 bits per heavy atom. The number of carbonyl (C=O) groups is 1. The minimum Gasteiger partial charge on any atom is -0.354 e. The van der Waals surface area contributed by atoms with Gasteiger partial charge in [-0.15, -0.1) is 0 Å². The lowest BCUT2D eigenvalue weighted by Crippen LogP contribution is -2.43. The van der Waals surface area contributed by atoms with Crippen LogP contribution < -0.4 is 5.32 Å². The summed E-state index contributed by atoms with van der Waals surface area (Å²) >= 11 is 0. The van der Waals surface area contributed by atoms with Crippen molar-refractivity contribution in [2.45, 2.75) is 50.5 Å². The summed E-state index contributed by atoms with van der Waals surface area (Å²) in [6, 6.07) is 10.6. The molecule has 7 nitrogen and oxygen atoms in total. The molecule has 1 amide bonds. The van der Waals surface area contributed by atoms with E-state index in [1.807, 2.05) is 24.0 Å². The first kappa shape index (κ1) is 22.2. The first-order valence-electron chi connectivity index (χ1n) is 10.9. The molecular formula is C24H28N4O3S. The van der Waals surface area contributed by atoms with Gasteiger partial charge in [-0.05, 0) is 69.0 Å². The molecule has 1 aliphatic heterocycles. The number of amides is 1. The van der Waals surface area contributed by atoms with Gasteiger partial charge in [0.25, 0.3) is 5.91 Å². The molecule has 4 rings (SSSR count). The molecule has 1 atom stereocenters. The minimum atomic E-state index is -3.29. The number of rotatable bonds is 5. The first-order valence-corrected chi connectivity index (χ1v) is 12.8. The predicted octanol–water partition coefficient (Wildman–Crippen LogP) is 4.49. The molecule has 0 bridgehead atoms. The lowest BCUT2D eigenvalue weighted by molar-refractivity contribution is 0.0609. The van der Waals surface area contributed by atoms with E-state index in [-0.39, 0.29) is 16.8 Å². The number of nitrogens with one attached hydrogen (secondary N) is 1. The van der Waals surface area contributed by atoms with Crippen molar-refractivity contribution in [2.75, 3.05) is 18.1 Å². The smallest absolute Gasteiger partial charge is 0.257 e. The van der Waals surface area contributed by atoms with E-state index in [1.165, 1.54) is 6.26 Å². The molecule has 1 unspecified atom stereocenters. The molecule has 3 heterocycles. The molecule has 1 N–H and O–H groups in total. The summed E-state index contributed by atoms with van der Waals surface area (Å²) in [4.78, 5) is 24.8. The molecule has 1 aliphatic rings. The zero-order chi connectivity index (χ0) is 22.9. The van der Waals surface area contributed by atoms with E-state index in [0.29, 0.717) is 22.6 Å². The van der Waals surface area contributed by atoms with E-state index < -0.39 is 9.84 Å². The van der Waals surface area contributed by atoms with Crippen molar-refractivity contribution in [3.63, 3.8) is 0 Å². The monoisotopic (exact) mass is 452 g/mol. The maximum Gasteiger partial charge on any atom is 0.257 e. The maximum absolute atomic E-state index is 13.6. The SMILES string of the molecule is CCC1CCCCN1C(=O)c1cnc2nc(C)ccc2c1Nc1ccc(S(C)(=O)=O)cc1. The standard InChI is InChI=1S/C24H28N4O3S/c1-4-18-7-5-6-14-28(18)24(29)21-15-25-23-20(13-8-16(2)26-23)22(21)27-17-9-11-19(12-10-17)32(3,30)31/h8-13,15,18H,4-7,14H2,1-3H3,(H,25,26,27). The Bertz CT molecular complexity index is 1260. The number of likely N-dealkylation sites (tertiary alicyclic amines) is 1. The quantitative estimate of drug-likeness (QED) is 0.613. The van der Waals surface area contributed by atoms with Gasteiger partial charge in [-0.2, -0.15) is 0 Å². The number of anilines is 2. The van der Waals surface area contributed by atoms with Crippen LogP contribution in [0.1, 0.15) is 48.7 Å². The second-order valence-electron chi connectivity index (χ2n) is 8.35. The van der Waals surface area contributed by atoms with Gasteiger partial charge in [-0.3, -0.25) is 4.79 Å². The summed E-state index contributed by atoms with van der Waals surface area (Å²) in [6.45, 7) is 4.75. The number of aromatic nitrogens is 2. The van der Waals surface area contributed by atoms with Gasteiger partial charge in [0.1, 0.15) is 0 Å². The van der Waals surface area contributed by atoms with Crippen molar-refractivity contribution >= 4 is 38.2 Å². The zero-order valence-electron chi connectivity index (χ0n) is 18.6. The van der Waals surface area contributed by atoms with Gasteiger partial charge in [-0.25, -0.2) is 18.4 Å². The molecule has 168 valence electrons. The molecule has 0 radical (unpaired) electrons. The molecule has 2 aromatic heterocycles. The lowest BCUT2D eigenvalue weighted by Gasteiger charge is -2.35. The van der Waals surface area contributed by atoms with Crippen LogP contribution in [-0.4, -0.2) is 48.0 Å². The van der Waals surface area contributed by atoms with Crippen molar-refractivity contribution in [1.82, 2.24) is 14.9 Å². The molecule has 1 aromatic carbocycles. The van der Waals surface area contributed by atoms with Crippen molar-refractivity contribution in [3.05, 3.63) is 53.9 Å². The first-order chi connectivity index (χ1) is 15.3. The van der Waals surface area contributed by atoms with Crippen LogP contribution in [0.5, 0.6) is 0 Å². The maximum atomic E-state index is 13.6. The Balaban J connectivity index is 1.79. The zero-order valence-corrected chi connectivity index (χ0v) is 19.4. The van der Waals surface area contributed by atoms with Crippen LogP contribution in [0.25, 0.3) is 11.0 Å². The largest absolute Gasteiger partial charge is 0.354 e. The summed E-state index contributed by atoms with van der Waals surface area (Å²) in [7, 11) is -3.29. The Morgan fingerprint density at radius 3 is 2.59 bits per heavy atom. The highest BCUT2D eigenvalue weighted by Gasteiger charge is 2.28. The van der Waals surface area contributed by atoms with Crippen LogP contribution in [0.2, 0.25) is 0 Å². The normalized spacial score (nSPS) is 16.8. The minimum absolute atomic E-state index is 0.0400. The number of carbonyl (C=O) groups excluding carboxylic acids is 1. The molecule has 0 aliphatic carbocycles. The number of aryl methyl sites for hydroxylation is 1. The highest BCUT2D eigenvalue weighted by molar-refractivity contribution is 7.90. The van der Waals surface area contributed by atoms with E-state index >= 15 is 0 Å². The van der Waals surface area contributed by atoms with Crippen LogP contribution in [0.4, 0.5) is 11.4 Å². The molecule has 1 saturated heterocycles. The molecule has 3 aromatic rings. The van der Waals surface area contributed by atoms with Gasteiger partial charge in [-0.1, -0.05) is 6.92 Å². The average molecular weight is 453 g/mol. The van der Waals surface area contributed by atoms with Crippen LogP contribution in [-0.2, 0) is 9.84 Å². The second-order valence-corrected chi connectivity index (χ2v) is 10.4. The van der Waals surface area contributed by atoms with Gasteiger partial charge < -0.3 is 10.2 Å². The van der Waals surface area contributed by atoms with Crippen molar-refractivity contribution < 1.29 is 13.2 Å². The van der Waals surface area contributed by atoms with Crippen LogP contribution >= 0.6 is 0 Å². The summed E-state index contributed by atoms with van der Waals surface area (Å²) in [5, 5.41) is 4.09. The fourth-order valence-corrected chi connectivity index (χ4v) is 4.88. The summed E-state index contributed by atoms with van der Waals surface area (Å²) in [6.07, 6.45) is 6.85. The molecule has 1 fully saturated rings. The number of hydrogen-bond donors (Lipinski definition) is 1. The van der Waals surface area contributed by atoms with E-state index in [2.05, 4.69) is 22.2 Å². The number of fused-ring (bicyclic) bond motifs is 1. The number of benzene rings is 1. The van der Waals surface area contributed by atoms with Gasteiger partial charge >= 0.3 is 0 Å². The molecular weight excluding hydrogens is 424 g/mol. The molecule has 32 heavy (non-hydrogen) atoms. The molecule has 0 spiro atoms. The Hall–Kier alpha value is -3.00. The van der Waals surface area contributed by atoms with Gasteiger partial charge in [0, 0.05) is 41.8 Å². The average Bonchev–Trinajstić information content (AvgIpc) is 2.78. The third-order valence-electron chi connectivity index (χ3n) is 6.01. The van der Waals surface area contributed by atoms with Crippen LogP contribution in [0.3, 0.4) is 0 Å². The Morgan fingerprint density at radius 1 is 1.16 bits per heavy atom. The third-order valence-corrected chi connectivity index (χ3v) is 7.14. The van der Waals surface area contributed by atoms with E-state index in [1.54, 1.807) is 30.5 Å². The van der Waals surface area contributed by atoms with Gasteiger partial charge in [0.2, 0.25) is 0 Å². The fraction of sp³-hybridized carbons (Fsp3) is 0.375. The number of sulfone groups is 1. The number of pyridine rings is 2. The molecule has 8 heteroatoms. The van der Waals surface area contributed by atoms with Crippen LogP contribution in [0.15, 0.2) is 47.5 Å². The highest BCUT2D eigenvalue weighted by atomic mass is 32.2. The summed E-state index contributed by atoms with van der Waals surface area (Å²) in [5.74, 6) is -0.0400. The van der Waals surface area contributed by atoms with Gasteiger partial charge in [0.05, 0.1) is 16.1 Å². The summed E-state index contributed by atoms with van der Waals surface area (Å²) in [5.41, 5.74) is 3.22. The van der Waals surface area contributed by atoms with Crippen molar-refractivity contribution in [3.8, 4) is 0 Å². The summed E-state index contributed by atoms with van der Waals surface area (Å²) < 4.78 is 23.6. The number of nitrogens with zero attached hydrogens (tertiary/aromatic N) is 3. The van der Waals surface area contributed by atoms with E-state index in [9.17, 15) is 13.2 Å². The number of piperidine rings is 1. The van der Waals surface area contributed by atoms with E-state index in [4.69, 9.17) is 0 Å². The van der Waals surface area contributed by atoms with Crippen LogP contribution in [0, 0.1) is 6.92 Å². The number of hydrogen-bond acceptors (Lipinski definition) is 6. The fourth-order valence-electron chi connectivity index (χ4n) is 4.25. The third kappa shape index (κ3) is 4.46. The topological polar surface area (TPSA) is 92.3 Å². The Labute approximate surface area is 188 Å². The predicted molar refractivity (Wildman–Crippen MR) is 126 cm³/mol. The van der Waals surface area contributed by atoms with E-state index in [0.717, 1.165) is 43.3 Å².